The maximum absolute atomic E-state index is 12.9. The number of piperidine rings is 1. The zero-order valence-corrected chi connectivity index (χ0v) is 13.2. The normalized spacial score (nSPS) is 16.5. The quantitative estimate of drug-likeness (QED) is 0.673. The summed E-state index contributed by atoms with van der Waals surface area (Å²) >= 11 is 0. The van der Waals surface area contributed by atoms with Crippen LogP contribution in [0, 0.1) is 12.2 Å². The van der Waals surface area contributed by atoms with Gasteiger partial charge in [-0.05, 0) is 82.5 Å². The Morgan fingerprint density at radius 1 is 1.10 bits per heavy atom. The Balaban J connectivity index is 1.63. The Morgan fingerprint density at radius 3 is 2.48 bits per heavy atom. The summed E-state index contributed by atoms with van der Waals surface area (Å²) in [4.78, 5) is 5.02. The van der Waals surface area contributed by atoms with Crippen LogP contribution in [0.15, 0.2) is 24.3 Å². The topological polar surface area (TPSA) is 6.48 Å². The molecule has 0 aliphatic carbocycles. The Hall–Kier alpha value is -0.930. The molecule has 0 atom stereocenters. The third-order valence-electron chi connectivity index (χ3n) is 4.26. The fraction of sp³-hybridized carbons (Fsp3) is 0.611. The summed E-state index contributed by atoms with van der Waals surface area (Å²) in [5.41, 5.74) is 1.20. The van der Waals surface area contributed by atoms with Crippen molar-refractivity contribution in [2.24, 2.45) is 0 Å². The minimum absolute atomic E-state index is 0.152. The van der Waals surface area contributed by atoms with Crippen molar-refractivity contribution in [2.45, 2.75) is 39.2 Å². The number of hydrogen-bond acceptors (Lipinski definition) is 2. The fourth-order valence-corrected chi connectivity index (χ4v) is 2.90. The van der Waals surface area contributed by atoms with Crippen molar-refractivity contribution < 1.29 is 4.39 Å². The van der Waals surface area contributed by atoms with Gasteiger partial charge in [-0.3, -0.25) is 4.90 Å². The Kier molecular flexibility index (Phi) is 7.17. The van der Waals surface area contributed by atoms with Crippen molar-refractivity contribution >= 4 is 0 Å². The van der Waals surface area contributed by atoms with E-state index in [1.54, 1.807) is 12.1 Å². The van der Waals surface area contributed by atoms with Crippen LogP contribution in [-0.2, 0) is 6.54 Å². The van der Waals surface area contributed by atoms with Crippen LogP contribution in [0.1, 0.15) is 38.2 Å². The van der Waals surface area contributed by atoms with Gasteiger partial charge in [-0.15, -0.1) is 0 Å². The van der Waals surface area contributed by atoms with Crippen LogP contribution < -0.4 is 0 Å². The highest BCUT2D eigenvalue weighted by Gasteiger charge is 2.10. The van der Waals surface area contributed by atoms with E-state index in [1.165, 1.54) is 50.9 Å². The molecule has 1 radical (unpaired) electrons. The lowest BCUT2D eigenvalue weighted by molar-refractivity contribution is 0.231. The van der Waals surface area contributed by atoms with Crippen molar-refractivity contribution in [1.82, 2.24) is 9.80 Å². The second kappa shape index (κ2) is 9.16. The predicted octanol–water partition coefficient (Wildman–Crippen LogP) is 3.73. The zero-order chi connectivity index (χ0) is 14.9. The van der Waals surface area contributed by atoms with Gasteiger partial charge >= 0.3 is 0 Å². The highest BCUT2D eigenvalue weighted by molar-refractivity contribution is 5.15. The lowest BCUT2D eigenvalue weighted by atomic mass is 10.1. The number of rotatable bonds is 8. The highest BCUT2D eigenvalue weighted by Crippen LogP contribution is 2.10. The smallest absolute Gasteiger partial charge is 0.123 e. The molecule has 1 aromatic carbocycles. The molecule has 0 aromatic heterocycles. The van der Waals surface area contributed by atoms with Crippen molar-refractivity contribution in [3.8, 4) is 0 Å². The lowest BCUT2D eigenvalue weighted by Gasteiger charge is -2.26. The van der Waals surface area contributed by atoms with Gasteiger partial charge in [-0.2, -0.15) is 0 Å². The maximum Gasteiger partial charge on any atom is 0.123 e. The first kappa shape index (κ1) is 16.4. The van der Waals surface area contributed by atoms with Gasteiger partial charge in [0.1, 0.15) is 5.82 Å². The van der Waals surface area contributed by atoms with Crippen LogP contribution in [0.25, 0.3) is 0 Å². The van der Waals surface area contributed by atoms with Crippen molar-refractivity contribution in [2.75, 3.05) is 32.7 Å². The molecule has 2 rings (SSSR count). The van der Waals surface area contributed by atoms with Crippen LogP contribution in [0.3, 0.4) is 0 Å². The van der Waals surface area contributed by atoms with E-state index in [-0.39, 0.29) is 5.82 Å². The van der Waals surface area contributed by atoms with Gasteiger partial charge in [0, 0.05) is 6.54 Å². The third kappa shape index (κ3) is 6.15. The summed E-state index contributed by atoms with van der Waals surface area (Å²) in [6, 6.07) is 6.89. The number of likely N-dealkylation sites (tertiary alicyclic amines) is 1. The molecule has 21 heavy (non-hydrogen) atoms. The summed E-state index contributed by atoms with van der Waals surface area (Å²) in [5.74, 6) is -0.152. The Labute approximate surface area is 128 Å². The lowest BCUT2D eigenvalue weighted by Crippen LogP contribution is -2.31. The molecular weight excluding hydrogens is 263 g/mol. The average molecular weight is 291 g/mol. The first-order valence-corrected chi connectivity index (χ1v) is 8.28. The monoisotopic (exact) mass is 291 g/mol. The molecule has 1 heterocycles. The molecule has 3 heteroatoms. The number of benzene rings is 1. The average Bonchev–Trinajstić information content (AvgIpc) is 2.53. The molecule has 1 saturated heterocycles. The first-order chi connectivity index (χ1) is 10.3. The molecule has 0 spiro atoms. The second-order valence-corrected chi connectivity index (χ2v) is 5.91. The molecule has 117 valence electrons. The largest absolute Gasteiger partial charge is 0.303 e. The van der Waals surface area contributed by atoms with E-state index >= 15 is 0 Å². The number of nitrogens with zero attached hydrogens (tertiary/aromatic N) is 2. The minimum Gasteiger partial charge on any atom is -0.303 e. The van der Waals surface area contributed by atoms with Crippen LogP contribution in [0.5, 0.6) is 0 Å². The number of halogens is 1. The molecule has 1 aliphatic rings. The number of unbranched alkanes of at least 4 members (excludes halogenated alkanes) is 1. The van der Waals surface area contributed by atoms with Crippen molar-refractivity contribution in [3.05, 3.63) is 42.1 Å². The molecule has 1 aliphatic heterocycles. The molecule has 0 saturated carbocycles. The van der Waals surface area contributed by atoms with Gasteiger partial charge in [0.25, 0.3) is 0 Å². The van der Waals surface area contributed by atoms with Crippen molar-refractivity contribution in [1.29, 1.82) is 0 Å². The first-order valence-electron chi connectivity index (χ1n) is 8.28. The standard InChI is InChI=1S/C18H28FN2/c1-2-20(16-17-8-10-18(19)11-9-17)12-6-7-15-21-13-4-3-5-14-21/h3,8-11H,2,4-7,12-16H2,1H3. The minimum atomic E-state index is -0.152. The van der Waals surface area contributed by atoms with Crippen LogP contribution in [0.4, 0.5) is 4.39 Å². The fourth-order valence-electron chi connectivity index (χ4n) is 2.90. The van der Waals surface area contributed by atoms with Gasteiger partial charge in [0.05, 0.1) is 0 Å². The summed E-state index contributed by atoms with van der Waals surface area (Å²) in [6.07, 6.45) is 7.44. The van der Waals surface area contributed by atoms with Gasteiger partial charge < -0.3 is 4.90 Å². The highest BCUT2D eigenvalue weighted by atomic mass is 19.1. The summed E-state index contributed by atoms with van der Waals surface area (Å²) in [7, 11) is 0. The summed E-state index contributed by atoms with van der Waals surface area (Å²) < 4.78 is 12.9. The molecule has 0 unspecified atom stereocenters. The molecule has 0 amide bonds. The SMILES string of the molecule is CCN(CCCCN1CC[CH]CC1)Cc1ccc(F)cc1. The van der Waals surface area contributed by atoms with Gasteiger partial charge in [0.2, 0.25) is 0 Å². The molecular formula is C18H28FN2. The Bertz CT molecular complexity index is 385. The van der Waals surface area contributed by atoms with E-state index in [2.05, 4.69) is 23.1 Å². The Morgan fingerprint density at radius 2 is 1.81 bits per heavy atom. The van der Waals surface area contributed by atoms with Gasteiger partial charge in [-0.1, -0.05) is 19.1 Å². The summed E-state index contributed by atoms with van der Waals surface area (Å²) in [6.45, 7) is 9.03. The van der Waals surface area contributed by atoms with E-state index in [4.69, 9.17) is 0 Å². The van der Waals surface area contributed by atoms with Crippen molar-refractivity contribution in [3.63, 3.8) is 0 Å². The predicted molar refractivity (Wildman–Crippen MR) is 86.6 cm³/mol. The van der Waals surface area contributed by atoms with Crippen LogP contribution in [-0.4, -0.2) is 42.5 Å². The molecule has 0 N–H and O–H groups in total. The van der Waals surface area contributed by atoms with Crippen LogP contribution in [0.2, 0.25) is 0 Å². The van der Waals surface area contributed by atoms with E-state index in [0.717, 1.165) is 19.6 Å². The maximum atomic E-state index is 12.9. The van der Waals surface area contributed by atoms with Crippen LogP contribution >= 0.6 is 0 Å². The molecule has 0 bridgehead atoms. The summed E-state index contributed by atoms with van der Waals surface area (Å²) in [5, 5.41) is 0. The zero-order valence-electron chi connectivity index (χ0n) is 13.2. The molecule has 2 nitrogen and oxygen atoms in total. The van der Waals surface area contributed by atoms with E-state index in [0.29, 0.717) is 0 Å². The van der Waals surface area contributed by atoms with E-state index in [1.807, 2.05) is 12.1 Å². The van der Waals surface area contributed by atoms with Gasteiger partial charge in [-0.25, -0.2) is 4.39 Å². The van der Waals surface area contributed by atoms with E-state index < -0.39 is 0 Å². The molecule has 1 aromatic rings. The number of hydrogen-bond donors (Lipinski definition) is 0. The van der Waals surface area contributed by atoms with Gasteiger partial charge in [0.15, 0.2) is 0 Å². The molecule has 1 fully saturated rings. The third-order valence-corrected chi connectivity index (χ3v) is 4.26. The second-order valence-electron chi connectivity index (χ2n) is 5.91. The van der Waals surface area contributed by atoms with E-state index in [9.17, 15) is 4.39 Å².